The molecule has 1 aromatic carbocycles. The molecule has 2 rings (SSSR count). The maximum Gasteiger partial charge on any atom is 0.123 e. The lowest BCUT2D eigenvalue weighted by atomic mass is 10.3. The Kier molecular flexibility index (Phi) is 3.29. The molecule has 0 saturated heterocycles. The molecule has 0 aliphatic rings. The van der Waals surface area contributed by atoms with E-state index in [2.05, 4.69) is 4.98 Å². The summed E-state index contributed by atoms with van der Waals surface area (Å²) in [5, 5.41) is 1.99. The molecule has 15 heavy (non-hydrogen) atoms. The van der Waals surface area contributed by atoms with E-state index < -0.39 is 0 Å². The topological polar surface area (TPSA) is 22.1 Å². The second-order valence-electron chi connectivity index (χ2n) is 3.03. The predicted octanol–water partition coefficient (Wildman–Crippen LogP) is 2.90. The lowest BCUT2D eigenvalue weighted by molar-refractivity contribution is 0.320. The van der Waals surface area contributed by atoms with Gasteiger partial charge in [0.05, 0.1) is 17.8 Å². The van der Waals surface area contributed by atoms with Crippen LogP contribution in [0.3, 0.4) is 0 Å². The van der Waals surface area contributed by atoms with Crippen LogP contribution in [-0.2, 0) is 6.42 Å². The average Bonchev–Trinajstić information content (AvgIpc) is 2.74. The quantitative estimate of drug-likeness (QED) is 0.795. The molecule has 0 bridgehead atoms. The fourth-order valence-corrected chi connectivity index (χ4v) is 1.76. The van der Waals surface area contributed by atoms with E-state index in [9.17, 15) is 4.39 Å². The Morgan fingerprint density at radius 1 is 1.27 bits per heavy atom. The van der Waals surface area contributed by atoms with Crippen molar-refractivity contribution >= 4 is 11.3 Å². The first kappa shape index (κ1) is 10.1. The Labute approximate surface area is 91.4 Å². The van der Waals surface area contributed by atoms with Crippen LogP contribution in [0.25, 0.3) is 0 Å². The zero-order chi connectivity index (χ0) is 10.5. The Morgan fingerprint density at radius 3 is 2.73 bits per heavy atom. The molecule has 0 fully saturated rings. The van der Waals surface area contributed by atoms with Gasteiger partial charge < -0.3 is 4.74 Å². The Hall–Kier alpha value is -1.42. The summed E-state index contributed by atoms with van der Waals surface area (Å²) in [6, 6.07) is 6.02. The summed E-state index contributed by atoms with van der Waals surface area (Å²) in [7, 11) is 0. The molecule has 1 heterocycles. The molecule has 4 heteroatoms. The van der Waals surface area contributed by atoms with Crippen LogP contribution < -0.4 is 4.74 Å². The number of hydrogen-bond acceptors (Lipinski definition) is 3. The van der Waals surface area contributed by atoms with E-state index in [1.807, 2.05) is 5.38 Å². The number of halogens is 1. The highest BCUT2D eigenvalue weighted by Gasteiger charge is 1.97. The summed E-state index contributed by atoms with van der Waals surface area (Å²) in [5.74, 6) is 0.438. The number of thiazole rings is 1. The van der Waals surface area contributed by atoms with Gasteiger partial charge in [0.1, 0.15) is 11.6 Å². The first-order valence-electron chi connectivity index (χ1n) is 4.60. The van der Waals surface area contributed by atoms with Gasteiger partial charge in [-0.3, -0.25) is 0 Å². The van der Waals surface area contributed by atoms with Gasteiger partial charge in [-0.2, -0.15) is 0 Å². The van der Waals surface area contributed by atoms with E-state index in [-0.39, 0.29) is 5.82 Å². The molecular weight excluding hydrogens is 213 g/mol. The van der Waals surface area contributed by atoms with Gasteiger partial charge in [0.15, 0.2) is 0 Å². The summed E-state index contributed by atoms with van der Waals surface area (Å²) < 4.78 is 18.0. The first-order valence-corrected chi connectivity index (χ1v) is 5.54. The fourth-order valence-electron chi connectivity index (χ4n) is 1.17. The van der Waals surface area contributed by atoms with Crippen LogP contribution in [0.4, 0.5) is 4.39 Å². The minimum Gasteiger partial charge on any atom is -0.493 e. The smallest absolute Gasteiger partial charge is 0.123 e. The van der Waals surface area contributed by atoms with Gasteiger partial charge in [-0.15, -0.1) is 11.3 Å². The SMILES string of the molecule is Fc1ccc(OCCc2cscn2)cc1. The van der Waals surface area contributed by atoms with Crippen LogP contribution in [0.2, 0.25) is 0 Å². The van der Waals surface area contributed by atoms with Crippen LogP contribution in [0.1, 0.15) is 5.69 Å². The van der Waals surface area contributed by atoms with Gasteiger partial charge in [-0.25, -0.2) is 9.37 Å². The van der Waals surface area contributed by atoms with Crippen molar-refractivity contribution in [3.05, 3.63) is 46.7 Å². The van der Waals surface area contributed by atoms with Crippen molar-refractivity contribution < 1.29 is 9.13 Å². The normalized spacial score (nSPS) is 10.2. The number of aromatic nitrogens is 1. The summed E-state index contributed by atoms with van der Waals surface area (Å²) in [6.45, 7) is 0.565. The Bertz CT molecular complexity index is 399. The van der Waals surface area contributed by atoms with E-state index in [1.54, 1.807) is 29.0 Å². The van der Waals surface area contributed by atoms with Crippen LogP contribution in [-0.4, -0.2) is 11.6 Å². The highest BCUT2D eigenvalue weighted by Crippen LogP contribution is 2.11. The third-order valence-corrected chi connectivity index (χ3v) is 2.56. The van der Waals surface area contributed by atoms with Crippen molar-refractivity contribution in [2.24, 2.45) is 0 Å². The molecule has 0 unspecified atom stereocenters. The molecular formula is C11H10FNOS. The van der Waals surface area contributed by atoms with Crippen molar-refractivity contribution in [3.8, 4) is 5.75 Å². The highest BCUT2D eigenvalue weighted by molar-refractivity contribution is 7.07. The Morgan fingerprint density at radius 2 is 2.07 bits per heavy atom. The molecule has 0 radical (unpaired) electrons. The molecule has 78 valence electrons. The predicted molar refractivity (Wildman–Crippen MR) is 57.7 cm³/mol. The van der Waals surface area contributed by atoms with Gasteiger partial charge in [-0.05, 0) is 24.3 Å². The van der Waals surface area contributed by atoms with Gasteiger partial charge >= 0.3 is 0 Å². The summed E-state index contributed by atoms with van der Waals surface area (Å²) in [6.07, 6.45) is 0.779. The maximum atomic E-state index is 12.6. The number of ether oxygens (including phenoxy) is 1. The van der Waals surface area contributed by atoms with Crippen molar-refractivity contribution in [1.82, 2.24) is 4.98 Å². The third-order valence-electron chi connectivity index (χ3n) is 1.92. The number of hydrogen-bond donors (Lipinski definition) is 0. The van der Waals surface area contributed by atoms with Crippen molar-refractivity contribution in [2.45, 2.75) is 6.42 Å². The number of nitrogens with zero attached hydrogens (tertiary/aromatic N) is 1. The molecule has 2 nitrogen and oxygen atoms in total. The fraction of sp³-hybridized carbons (Fsp3) is 0.182. The monoisotopic (exact) mass is 223 g/mol. The maximum absolute atomic E-state index is 12.6. The van der Waals surface area contributed by atoms with Gasteiger partial charge in [0.2, 0.25) is 0 Å². The van der Waals surface area contributed by atoms with Crippen molar-refractivity contribution in [1.29, 1.82) is 0 Å². The van der Waals surface area contributed by atoms with Gasteiger partial charge in [0, 0.05) is 11.8 Å². The van der Waals surface area contributed by atoms with Gasteiger partial charge in [0.25, 0.3) is 0 Å². The van der Waals surface area contributed by atoms with Crippen LogP contribution >= 0.6 is 11.3 Å². The average molecular weight is 223 g/mol. The molecule has 0 amide bonds. The lowest BCUT2D eigenvalue weighted by Gasteiger charge is -2.04. The summed E-state index contributed by atoms with van der Waals surface area (Å²) in [5.41, 5.74) is 2.83. The van der Waals surface area contributed by atoms with E-state index in [4.69, 9.17) is 4.74 Å². The van der Waals surface area contributed by atoms with E-state index in [1.165, 1.54) is 12.1 Å². The van der Waals surface area contributed by atoms with Crippen molar-refractivity contribution in [3.63, 3.8) is 0 Å². The molecule has 2 aromatic rings. The first-order chi connectivity index (χ1) is 7.34. The molecule has 0 aliphatic heterocycles. The lowest BCUT2D eigenvalue weighted by Crippen LogP contribution is -2.01. The van der Waals surface area contributed by atoms with Gasteiger partial charge in [-0.1, -0.05) is 0 Å². The minimum absolute atomic E-state index is 0.248. The Balaban J connectivity index is 1.81. The zero-order valence-electron chi connectivity index (χ0n) is 8.02. The highest BCUT2D eigenvalue weighted by atomic mass is 32.1. The molecule has 0 spiro atoms. The zero-order valence-corrected chi connectivity index (χ0v) is 8.84. The third kappa shape index (κ3) is 3.02. The van der Waals surface area contributed by atoms with Crippen molar-refractivity contribution in [2.75, 3.05) is 6.61 Å². The molecule has 0 N–H and O–H groups in total. The standard InChI is InChI=1S/C11H10FNOS/c12-9-1-3-11(4-2-9)14-6-5-10-7-15-8-13-10/h1-4,7-8H,5-6H2. The molecule has 0 aliphatic carbocycles. The second-order valence-corrected chi connectivity index (χ2v) is 3.75. The van der Waals surface area contributed by atoms with Crippen LogP contribution in [0.5, 0.6) is 5.75 Å². The van der Waals surface area contributed by atoms with Crippen LogP contribution in [0, 0.1) is 5.82 Å². The van der Waals surface area contributed by atoms with Crippen LogP contribution in [0.15, 0.2) is 35.2 Å². The second kappa shape index (κ2) is 4.89. The van der Waals surface area contributed by atoms with E-state index in [0.717, 1.165) is 12.1 Å². The van der Waals surface area contributed by atoms with E-state index in [0.29, 0.717) is 12.4 Å². The van der Waals surface area contributed by atoms with E-state index >= 15 is 0 Å². The molecule has 0 atom stereocenters. The number of rotatable bonds is 4. The molecule has 1 aromatic heterocycles. The minimum atomic E-state index is -0.248. The largest absolute Gasteiger partial charge is 0.493 e. The summed E-state index contributed by atoms with van der Waals surface area (Å²) >= 11 is 1.57. The molecule has 0 saturated carbocycles. The summed E-state index contributed by atoms with van der Waals surface area (Å²) in [4.78, 5) is 4.14. The number of benzene rings is 1.